The van der Waals surface area contributed by atoms with E-state index in [2.05, 4.69) is 52.0 Å². The molecule has 0 radical (unpaired) electrons. The average Bonchev–Trinajstić information content (AvgIpc) is 2.61. The Morgan fingerprint density at radius 3 is 2.31 bits per heavy atom. The molecule has 0 aromatic carbocycles. The highest BCUT2D eigenvalue weighted by Gasteiger charge is 2.05. The molecule has 1 rings (SSSR count). The second kappa shape index (κ2) is 6.90. The van der Waals surface area contributed by atoms with Gasteiger partial charge in [0.2, 0.25) is 0 Å². The molecule has 0 bridgehead atoms. The number of hydrogen-bond donors (Lipinski definition) is 0. The third-order valence-electron chi connectivity index (χ3n) is 2.55. The van der Waals surface area contributed by atoms with Gasteiger partial charge < -0.3 is 0 Å². The van der Waals surface area contributed by atoms with Crippen LogP contribution in [0.25, 0.3) is 0 Å². The van der Waals surface area contributed by atoms with Gasteiger partial charge in [0.25, 0.3) is 0 Å². The molecule has 1 atom stereocenters. The molecule has 0 spiro atoms. The first-order valence-corrected chi connectivity index (χ1v) is 7.17. The highest BCUT2D eigenvalue weighted by molar-refractivity contribution is 7.11. The zero-order valence-corrected chi connectivity index (χ0v) is 11.8. The molecule has 16 heavy (non-hydrogen) atoms. The van der Waals surface area contributed by atoms with Crippen molar-refractivity contribution in [1.29, 1.82) is 0 Å². The second-order valence-corrected chi connectivity index (χ2v) is 6.24. The Bertz CT molecular complexity index is 320. The van der Waals surface area contributed by atoms with Crippen LogP contribution in [-0.4, -0.2) is 0 Å². The molecule has 0 saturated heterocycles. The van der Waals surface area contributed by atoms with Crippen molar-refractivity contribution in [3.05, 3.63) is 34.0 Å². The standard InChI is InChI=1S/C15H24S/c1-5-6-7-13(4)11-15-9-8-14(16-15)10-12(2)3/h6-9,12-13H,5,10-11H2,1-4H3/b7-6-. The molecule has 0 aliphatic heterocycles. The minimum atomic E-state index is 0.672. The van der Waals surface area contributed by atoms with Crippen molar-refractivity contribution >= 4 is 11.3 Å². The van der Waals surface area contributed by atoms with E-state index < -0.39 is 0 Å². The van der Waals surface area contributed by atoms with E-state index in [0.29, 0.717) is 5.92 Å². The summed E-state index contributed by atoms with van der Waals surface area (Å²) in [6.07, 6.45) is 8.17. The van der Waals surface area contributed by atoms with Crippen molar-refractivity contribution in [3.63, 3.8) is 0 Å². The summed E-state index contributed by atoms with van der Waals surface area (Å²) in [5.74, 6) is 1.44. The Kier molecular flexibility index (Phi) is 5.83. The van der Waals surface area contributed by atoms with Crippen LogP contribution in [0.4, 0.5) is 0 Å². The molecule has 0 aliphatic rings. The molecule has 1 aromatic heterocycles. The Labute approximate surface area is 104 Å². The summed E-state index contributed by atoms with van der Waals surface area (Å²) in [6.45, 7) is 9.06. The molecule has 0 aliphatic carbocycles. The molecular weight excluding hydrogens is 212 g/mol. The topological polar surface area (TPSA) is 0 Å². The van der Waals surface area contributed by atoms with E-state index in [0.717, 1.165) is 12.3 Å². The van der Waals surface area contributed by atoms with Crippen LogP contribution in [0.15, 0.2) is 24.3 Å². The average molecular weight is 236 g/mol. The van der Waals surface area contributed by atoms with Crippen molar-refractivity contribution < 1.29 is 0 Å². The first-order chi connectivity index (χ1) is 7.61. The molecule has 0 fully saturated rings. The van der Waals surface area contributed by atoms with E-state index in [4.69, 9.17) is 0 Å². The lowest BCUT2D eigenvalue weighted by molar-refractivity contribution is 0.654. The van der Waals surface area contributed by atoms with Gasteiger partial charge in [-0.2, -0.15) is 0 Å². The van der Waals surface area contributed by atoms with E-state index in [-0.39, 0.29) is 0 Å². The van der Waals surface area contributed by atoms with Gasteiger partial charge in [-0.3, -0.25) is 0 Å². The van der Waals surface area contributed by atoms with Crippen molar-refractivity contribution in [2.75, 3.05) is 0 Å². The molecule has 1 unspecified atom stereocenters. The zero-order chi connectivity index (χ0) is 12.0. The van der Waals surface area contributed by atoms with Crippen molar-refractivity contribution in [2.45, 2.75) is 47.0 Å². The van der Waals surface area contributed by atoms with Gasteiger partial charge in [-0.1, -0.05) is 39.8 Å². The number of rotatable bonds is 6. The predicted molar refractivity (Wildman–Crippen MR) is 75.2 cm³/mol. The van der Waals surface area contributed by atoms with E-state index in [1.807, 2.05) is 11.3 Å². The molecule has 0 nitrogen and oxygen atoms in total. The second-order valence-electron chi connectivity index (χ2n) is 4.98. The molecule has 0 N–H and O–H groups in total. The van der Waals surface area contributed by atoms with Gasteiger partial charge >= 0.3 is 0 Å². The number of thiophene rings is 1. The third-order valence-corrected chi connectivity index (χ3v) is 3.68. The van der Waals surface area contributed by atoms with Crippen LogP contribution in [0.5, 0.6) is 0 Å². The van der Waals surface area contributed by atoms with Crippen molar-refractivity contribution in [2.24, 2.45) is 11.8 Å². The summed E-state index contributed by atoms with van der Waals surface area (Å²) < 4.78 is 0. The maximum absolute atomic E-state index is 2.34. The van der Waals surface area contributed by atoms with Crippen LogP contribution in [0, 0.1) is 11.8 Å². The number of allylic oxidation sites excluding steroid dienone is 2. The van der Waals surface area contributed by atoms with Crippen molar-refractivity contribution in [1.82, 2.24) is 0 Å². The Morgan fingerprint density at radius 1 is 1.12 bits per heavy atom. The quantitative estimate of drug-likeness (QED) is 0.603. The van der Waals surface area contributed by atoms with E-state index >= 15 is 0 Å². The summed E-state index contributed by atoms with van der Waals surface area (Å²) >= 11 is 1.99. The maximum atomic E-state index is 2.34. The van der Waals surface area contributed by atoms with E-state index in [9.17, 15) is 0 Å². The zero-order valence-electron chi connectivity index (χ0n) is 11.0. The molecule has 0 saturated carbocycles. The minimum Gasteiger partial charge on any atom is -0.145 e. The van der Waals surface area contributed by atoms with Gasteiger partial charge in [-0.25, -0.2) is 0 Å². The maximum Gasteiger partial charge on any atom is 0.00539 e. The fourth-order valence-corrected chi connectivity index (χ4v) is 3.17. The van der Waals surface area contributed by atoms with Crippen LogP contribution >= 0.6 is 11.3 Å². The largest absolute Gasteiger partial charge is 0.145 e. The van der Waals surface area contributed by atoms with Crippen LogP contribution in [0.1, 0.15) is 43.9 Å². The summed E-state index contributed by atoms with van der Waals surface area (Å²) in [5, 5.41) is 0. The predicted octanol–water partition coefficient (Wildman–Crippen LogP) is 5.09. The Balaban J connectivity index is 2.48. The fraction of sp³-hybridized carbons (Fsp3) is 0.600. The fourth-order valence-electron chi connectivity index (χ4n) is 1.80. The lowest BCUT2D eigenvalue weighted by Crippen LogP contribution is -1.93. The Morgan fingerprint density at radius 2 is 1.75 bits per heavy atom. The van der Waals surface area contributed by atoms with Gasteiger partial charge in [-0.15, -0.1) is 11.3 Å². The number of hydrogen-bond acceptors (Lipinski definition) is 1. The van der Waals surface area contributed by atoms with Crippen LogP contribution in [-0.2, 0) is 12.8 Å². The molecule has 0 amide bonds. The summed E-state index contributed by atoms with van der Waals surface area (Å²) in [4.78, 5) is 3.07. The van der Waals surface area contributed by atoms with Crippen LogP contribution in [0.3, 0.4) is 0 Å². The molecule has 1 aromatic rings. The van der Waals surface area contributed by atoms with Crippen LogP contribution < -0.4 is 0 Å². The first-order valence-electron chi connectivity index (χ1n) is 6.36. The van der Waals surface area contributed by atoms with Gasteiger partial charge in [0.05, 0.1) is 0 Å². The highest BCUT2D eigenvalue weighted by Crippen LogP contribution is 2.22. The lowest BCUT2D eigenvalue weighted by atomic mass is 10.1. The van der Waals surface area contributed by atoms with Crippen molar-refractivity contribution in [3.8, 4) is 0 Å². The van der Waals surface area contributed by atoms with Gasteiger partial charge in [0.1, 0.15) is 0 Å². The normalized spacial score (nSPS) is 13.8. The molecule has 1 heterocycles. The van der Waals surface area contributed by atoms with Gasteiger partial charge in [0.15, 0.2) is 0 Å². The van der Waals surface area contributed by atoms with Crippen LogP contribution in [0.2, 0.25) is 0 Å². The Hall–Kier alpha value is -0.560. The third kappa shape index (κ3) is 4.98. The van der Waals surface area contributed by atoms with E-state index in [1.54, 1.807) is 0 Å². The lowest BCUT2D eigenvalue weighted by Gasteiger charge is -2.03. The van der Waals surface area contributed by atoms with E-state index in [1.165, 1.54) is 22.6 Å². The summed E-state index contributed by atoms with van der Waals surface area (Å²) in [7, 11) is 0. The molecular formula is C15H24S. The minimum absolute atomic E-state index is 0.672. The smallest absolute Gasteiger partial charge is 0.00539 e. The molecule has 1 heteroatoms. The monoisotopic (exact) mass is 236 g/mol. The molecule has 90 valence electrons. The van der Waals surface area contributed by atoms with Gasteiger partial charge in [-0.05, 0) is 43.2 Å². The first kappa shape index (κ1) is 13.5. The SMILES string of the molecule is CC/C=C\C(C)Cc1ccc(CC(C)C)s1. The van der Waals surface area contributed by atoms with Gasteiger partial charge in [0, 0.05) is 9.75 Å². The highest BCUT2D eigenvalue weighted by atomic mass is 32.1. The summed E-state index contributed by atoms with van der Waals surface area (Å²) in [6, 6.07) is 4.61. The summed E-state index contributed by atoms with van der Waals surface area (Å²) in [5.41, 5.74) is 0.